The summed E-state index contributed by atoms with van der Waals surface area (Å²) in [6.07, 6.45) is 1.50. The number of nitrogens with one attached hydrogen (secondary N) is 1. The second-order valence-corrected chi connectivity index (χ2v) is 6.44. The standard InChI is InChI=1S/C16H23NO2/c1-11(2)17-16(14(18)19)10-9-15(3,4)12-7-5-6-8-13(12)16/h5-8,11,17H,9-10H2,1-4H3,(H,18,19). The molecule has 1 aliphatic rings. The van der Waals surface area contributed by atoms with Gasteiger partial charge < -0.3 is 5.11 Å². The molecule has 1 aliphatic carbocycles. The summed E-state index contributed by atoms with van der Waals surface area (Å²) in [6, 6.07) is 8.08. The van der Waals surface area contributed by atoms with E-state index < -0.39 is 11.5 Å². The van der Waals surface area contributed by atoms with Crippen LogP contribution in [0.4, 0.5) is 0 Å². The Morgan fingerprint density at radius 3 is 2.32 bits per heavy atom. The van der Waals surface area contributed by atoms with Crippen LogP contribution in [0, 0.1) is 0 Å². The van der Waals surface area contributed by atoms with Crippen LogP contribution in [0.3, 0.4) is 0 Å². The number of rotatable bonds is 3. The molecule has 0 aromatic heterocycles. The number of carboxylic acid groups (broad SMARTS) is 1. The molecular weight excluding hydrogens is 238 g/mol. The first-order valence-corrected chi connectivity index (χ1v) is 6.91. The Morgan fingerprint density at radius 2 is 1.79 bits per heavy atom. The van der Waals surface area contributed by atoms with Gasteiger partial charge in [0, 0.05) is 6.04 Å². The Bertz CT molecular complexity index is 493. The van der Waals surface area contributed by atoms with Crippen LogP contribution in [-0.2, 0) is 15.7 Å². The van der Waals surface area contributed by atoms with Gasteiger partial charge in [0.1, 0.15) is 5.54 Å². The van der Waals surface area contributed by atoms with E-state index in [-0.39, 0.29) is 11.5 Å². The minimum absolute atomic E-state index is 0.0359. The second-order valence-electron chi connectivity index (χ2n) is 6.44. The molecule has 0 heterocycles. The zero-order chi connectivity index (χ0) is 14.3. The number of benzene rings is 1. The van der Waals surface area contributed by atoms with Crippen molar-refractivity contribution in [2.45, 2.75) is 57.5 Å². The van der Waals surface area contributed by atoms with Crippen LogP contribution in [0.2, 0.25) is 0 Å². The zero-order valence-electron chi connectivity index (χ0n) is 12.2. The van der Waals surface area contributed by atoms with Crippen molar-refractivity contribution in [1.82, 2.24) is 5.32 Å². The third-order valence-corrected chi connectivity index (χ3v) is 4.14. The van der Waals surface area contributed by atoms with Crippen molar-refractivity contribution in [3.63, 3.8) is 0 Å². The Labute approximate surface area is 115 Å². The Kier molecular flexibility index (Phi) is 3.43. The van der Waals surface area contributed by atoms with Gasteiger partial charge in [-0.3, -0.25) is 5.32 Å². The van der Waals surface area contributed by atoms with Crippen molar-refractivity contribution < 1.29 is 9.90 Å². The van der Waals surface area contributed by atoms with Gasteiger partial charge in [-0.1, -0.05) is 38.1 Å². The first kappa shape index (κ1) is 14.1. The van der Waals surface area contributed by atoms with E-state index in [0.29, 0.717) is 6.42 Å². The first-order chi connectivity index (χ1) is 8.79. The van der Waals surface area contributed by atoms with E-state index in [4.69, 9.17) is 0 Å². The van der Waals surface area contributed by atoms with Crippen LogP contribution in [0.5, 0.6) is 0 Å². The van der Waals surface area contributed by atoms with Gasteiger partial charge in [-0.2, -0.15) is 0 Å². The average molecular weight is 261 g/mol. The molecule has 0 amide bonds. The minimum Gasteiger partial charge on any atom is -0.480 e. The maximum absolute atomic E-state index is 11.9. The van der Waals surface area contributed by atoms with Crippen molar-refractivity contribution in [2.75, 3.05) is 0 Å². The van der Waals surface area contributed by atoms with Crippen molar-refractivity contribution in [2.24, 2.45) is 0 Å². The fourth-order valence-electron chi connectivity index (χ4n) is 3.14. The SMILES string of the molecule is CC(C)NC1(C(=O)O)CCC(C)(C)c2ccccc21. The van der Waals surface area contributed by atoms with Crippen LogP contribution in [0.15, 0.2) is 24.3 Å². The molecule has 2 N–H and O–H groups in total. The summed E-state index contributed by atoms with van der Waals surface area (Å²) in [6.45, 7) is 8.36. The average Bonchev–Trinajstić information content (AvgIpc) is 2.33. The molecule has 3 heteroatoms. The molecule has 0 saturated heterocycles. The molecule has 0 bridgehead atoms. The van der Waals surface area contributed by atoms with Crippen LogP contribution in [-0.4, -0.2) is 17.1 Å². The fraction of sp³-hybridized carbons (Fsp3) is 0.562. The second kappa shape index (κ2) is 4.64. The van der Waals surface area contributed by atoms with Gasteiger partial charge in [0.15, 0.2) is 0 Å². The smallest absolute Gasteiger partial charge is 0.328 e. The van der Waals surface area contributed by atoms with Crippen molar-refractivity contribution in [3.05, 3.63) is 35.4 Å². The molecule has 0 spiro atoms. The molecule has 0 fully saturated rings. The lowest BCUT2D eigenvalue weighted by Gasteiger charge is -2.44. The van der Waals surface area contributed by atoms with E-state index in [1.54, 1.807) is 0 Å². The summed E-state index contributed by atoms with van der Waals surface area (Å²) in [7, 11) is 0. The van der Waals surface area contributed by atoms with Gasteiger partial charge in [-0.15, -0.1) is 0 Å². The molecule has 1 aromatic rings. The van der Waals surface area contributed by atoms with Crippen LogP contribution >= 0.6 is 0 Å². The molecule has 1 unspecified atom stereocenters. The van der Waals surface area contributed by atoms with Gasteiger partial charge in [-0.25, -0.2) is 4.79 Å². The molecule has 0 saturated carbocycles. The van der Waals surface area contributed by atoms with E-state index in [9.17, 15) is 9.90 Å². The van der Waals surface area contributed by atoms with Gasteiger partial charge >= 0.3 is 5.97 Å². The molecule has 1 aromatic carbocycles. The van der Waals surface area contributed by atoms with Gasteiger partial charge in [-0.05, 0) is 43.2 Å². The summed E-state index contributed by atoms with van der Waals surface area (Å²) >= 11 is 0. The Morgan fingerprint density at radius 1 is 1.21 bits per heavy atom. The lowest BCUT2D eigenvalue weighted by Crippen LogP contribution is -2.55. The highest BCUT2D eigenvalue weighted by Gasteiger charge is 2.48. The third kappa shape index (κ3) is 2.27. The highest BCUT2D eigenvalue weighted by atomic mass is 16.4. The highest BCUT2D eigenvalue weighted by molar-refractivity contribution is 5.82. The molecule has 19 heavy (non-hydrogen) atoms. The molecule has 0 aliphatic heterocycles. The number of hydrogen-bond acceptors (Lipinski definition) is 2. The summed E-state index contributed by atoms with van der Waals surface area (Å²) in [5, 5.41) is 13.1. The number of fused-ring (bicyclic) bond motifs is 1. The molecule has 0 radical (unpaired) electrons. The lowest BCUT2D eigenvalue weighted by atomic mass is 9.65. The summed E-state index contributed by atoms with van der Waals surface area (Å²) in [5.74, 6) is -0.774. The maximum Gasteiger partial charge on any atom is 0.328 e. The fourth-order valence-corrected chi connectivity index (χ4v) is 3.14. The molecule has 3 nitrogen and oxygen atoms in total. The lowest BCUT2D eigenvalue weighted by molar-refractivity contribution is -0.146. The normalized spacial score (nSPS) is 25.1. The Balaban J connectivity index is 2.62. The molecular formula is C16H23NO2. The highest BCUT2D eigenvalue weighted by Crippen LogP contribution is 2.45. The van der Waals surface area contributed by atoms with E-state index in [1.807, 2.05) is 32.0 Å². The van der Waals surface area contributed by atoms with Crippen molar-refractivity contribution in [3.8, 4) is 0 Å². The minimum atomic E-state index is -0.944. The predicted octanol–water partition coefficient (Wildman–Crippen LogP) is 3.04. The van der Waals surface area contributed by atoms with Gasteiger partial charge in [0.25, 0.3) is 0 Å². The van der Waals surface area contributed by atoms with Gasteiger partial charge in [0.05, 0.1) is 0 Å². The first-order valence-electron chi connectivity index (χ1n) is 6.91. The van der Waals surface area contributed by atoms with Crippen molar-refractivity contribution >= 4 is 5.97 Å². The third-order valence-electron chi connectivity index (χ3n) is 4.14. The van der Waals surface area contributed by atoms with Crippen LogP contribution in [0.1, 0.15) is 51.7 Å². The summed E-state index contributed by atoms with van der Waals surface area (Å²) in [5.41, 5.74) is 1.17. The van der Waals surface area contributed by atoms with E-state index >= 15 is 0 Å². The molecule has 1 atom stereocenters. The molecule has 104 valence electrons. The topological polar surface area (TPSA) is 49.3 Å². The largest absolute Gasteiger partial charge is 0.480 e. The zero-order valence-corrected chi connectivity index (χ0v) is 12.2. The number of aliphatic carboxylic acids is 1. The number of carboxylic acids is 1. The van der Waals surface area contributed by atoms with Crippen LogP contribution in [0.25, 0.3) is 0 Å². The van der Waals surface area contributed by atoms with E-state index in [1.165, 1.54) is 0 Å². The quantitative estimate of drug-likeness (QED) is 0.879. The number of carbonyl (C=O) groups is 1. The van der Waals surface area contributed by atoms with Crippen LogP contribution < -0.4 is 5.32 Å². The van der Waals surface area contributed by atoms with Gasteiger partial charge in [0.2, 0.25) is 0 Å². The maximum atomic E-state index is 11.9. The summed E-state index contributed by atoms with van der Waals surface area (Å²) < 4.78 is 0. The van der Waals surface area contributed by atoms with E-state index in [2.05, 4.69) is 25.2 Å². The monoisotopic (exact) mass is 261 g/mol. The number of hydrogen-bond donors (Lipinski definition) is 2. The van der Waals surface area contributed by atoms with Crippen molar-refractivity contribution in [1.29, 1.82) is 0 Å². The van der Waals surface area contributed by atoms with E-state index in [0.717, 1.165) is 17.5 Å². The Hall–Kier alpha value is -1.35. The summed E-state index contributed by atoms with van der Waals surface area (Å²) in [4.78, 5) is 11.9. The predicted molar refractivity (Wildman–Crippen MR) is 76.3 cm³/mol. The molecule has 2 rings (SSSR count).